The molecule has 1 amide bonds. The van der Waals surface area contributed by atoms with Gasteiger partial charge in [-0.25, -0.2) is 9.97 Å². The van der Waals surface area contributed by atoms with E-state index in [9.17, 15) is 4.79 Å². The van der Waals surface area contributed by atoms with Gasteiger partial charge in [-0.1, -0.05) is 26.7 Å². The Morgan fingerprint density at radius 3 is 2.49 bits per heavy atom. The molecule has 37 heavy (non-hydrogen) atoms. The van der Waals surface area contributed by atoms with Gasteiger partial charge in [0, 0.05) is 56.3 Å². The minimum atomic E-state index is 0.223. The van der Waals surface area contributed by atoms with Crippen LogP contribution < -0.4 is 15.5 Å². The van der Waals surface area contributed by atoms with E-state index in [1.165, 1.54) is 36.6 Å². The van der Waals surface area contributed by atoms with Crippen LogP contribution in [0.3, 0.4) is 0 Å². The lowest BCUT2D eigenvalue weighted by Crippen LogP contribution is -2.57. The van der Waals surface area contributed by atoms with Gasteiger partial charge in [0.2, 0.25) is 0 Å². The first-order chi connectivity index (χ1) is 18.1. The van der Waals surface area contributed by atoms with Crippen LogP contribution in [0.5, 0.6) is 0 Å². The smallest absolute Gasteiger partial charge is 0.264 e. The number of hydrogen-bond acceptors (Lipinski definition) is 7. The molecule has 1 aliphatic carbocycles. The Morgan fingerprint density at radius 1 is 1.08 bits per heavy atom. The predicted molar refractivity (Wildman–Crippen MR) is 152 cm³/mol. The molecule has 0 bridgehead atoms. The number of thiophene rings is 1. The van der Waals surface area contributed by atoms with E-state index in [0.29, 0.717) is 11.3 Å². The first-order valence-electron chi connectivity index (χ1n) is 14.0. The van der Waals surface area contributed by atoms with Crippen molar-refractivity contribution in [2.24, 2.45) is 5.41 Å². The summed E-state index contributed by atoms with van der Waals surface area (Å²) >= 11 is 1.64. The molecule has 0 radical (unpaired) electrons. The fourth-order valence-corrected chi connectivity index (χ4v) is 7.53. The first-order valence-corrected chi connectivity index (χ1v) is 14.8. The summed E-state index contributed by atoms with van der Waals surface area (Å²) in [7, 11) is 0. The normalized spacial score (nSPS) is 19.8. The number of likely N-dealkylation sites (tertiary alicyclic amines) is 1. The number of nitrogens with zero attached hydrogens (tertiary/aromatic N) is 4. The monoisotopic (exact) mass is 518 g/mol. The number of piperazine rings is 1. The van der Waals surface area contributed by atoms with Gasteiger partial charge in [0.05, 0.1) is 21.5 Å². The molecule has 8 heteroatoms. The lowest BCUT2D eigenvalue weighted by Gasteiger charge is -2.49. The molecule has 5 heterocycles. The van der Waals surface area contributed by atoms with Crippen LogP contribution in [0.15, 0.2) is 30.6 Å². The fraction of sp³-hybridized carbons (Fsp3) is 0.552. The summed E-state index contributed by atoms with van der Waals surface area (Å²) in [6.07, 6.45) is 11.0. The van der Waals surface area contributed by atoms with E-state index in [-0.39, 0.29) is 5.91 Å². The van der Waals surface area contributed by atoms with Gasteiger partial charge in [0.1, 0.15) is 11.6 Å². The topological polar surface area (TPSA) is 73.4 Å². The van der Waals surface area contributed by atoms with Crippen LogP contribution in [0, 0.1) is 5.41 Å². The largest absolute Gasteiger partial charge is 0.368 e. The highest BCUT2D eigenvalue weighted by Gasteiger charge is 2.43. The summed E-state index contributed by atoms with van der Waals surface area (Å²) in [5, 5.41) is 7.99. The highest BCUT2D eigenvalue weighted by Crippen LogP contribution is 2.46. The van der Waals surface area contributed by atoms with Crippen molar-refractivity contribution in [3.63, 3.8) is 0 Å². The molecular formula is C29H38N6OS. The van der Waals surface area contributed by atoms with Crippen molar-refractivity contribution in [1.29, 1.82) is 0 Å². The molecule has 3 fully saturated rings. The van der Waals surface area contributed by atoms with E-state index in [2.05, 4.69) is 51.4 Å². The molecule has 0 unspecified atom stereocenters. The third-order valence-electron chi connectivity index (χ3n) is 8.90. The lowest BCUT2D eigenvalue weighted by molar-refractivity contribution is 0.00161. The number of carbonyl (C=O) groups excluding carboxylic acids is 1. The molecule has 2 saturated heterocycles. The van der Waals surface area contributed by atoms with E-state index >= 15 is 0 Å². The molecule has 0 atom stereocenters. The number of amides is 1. The molecule has 3 aliphatic rings. The zero-order chi connectivity index (χ0) is 25.4. The maximum atomic E-state index is 13.7. The summed E-state index contributed by atoms with van der Waals surface area (Å²) in [6.45, 7) is 10.3. The van der Waals surface area contributed by atoms with E-state index < -0.39 is 0 Å². The quantitative estimate of drug-likeness (QED) is 0.414. The van der Waals surface area contributed by atoms with Gasteiger partial charge in [-0.2, -0.15) is 0 Å². The van der Waals surface area contributed by atoms with E-state index in [1.54, 1.807) is 11.3 Å². The van der Waals surface area contributed by atoms with Gasteiger partial charge in [-0.3, -0.25) is 4.79 Å². The van der Waals surface area contributed by atoms with Crippen molar-refractivity contribution in [2.75, 3.05) is 49.5 Å². The van der Waals surface area contributed by atoms with Crippen molar-refractivity contribution in [3.05, 3.63) is 41.0 Å². The van der Waals surface area contributed by atoms with Crippen molar-refractivity contribution in [1.82, 2.24) is 20.2 Å². The van der Waals surface area contributed by atoms with Gasteiger partial charge in [-0.05, 0) is 55.4 Å². The molecule has 1 saturated carbocycles. The van der Waals surface area contributed by atoms with Crippen LogP contribution in [-0.4, -0.2) is 60.0 Å². The predicted octanol–water partition coefficient (Wildman–Crippen LogP) is 5.76. The third-order valence-corrected chi connectivity index (χ3v) is 10.0. The van der Waals surface area contributed by atoms with Crippen LogP contribution in [-0.2, 0) is 0 Å². The molecule has 3 aromatic heterocycles. The Bertz CT molecular complexity index is 1250. The summed E-state index contributed by atoms with van der Waals surface area (Å²) in [6, 6.07) is 6.30. The highest BCUT2D eigenvalue weighted by molar-refractivity contribution is 7.21. The maximum absolute atomic E-state index is 13.7. The number of anilines is 3. The Balaban J connectivity index is 1.26. The Kier molecular flexibility index (Phi) is 6.80. The molecule has 0 aromatic carbocycles. The average molecular weight is 519 g/mol. The summed E-state index contributed by atoms with van der Waals surface area (Å²) in [4.78, 5) is 28.5. The molecular weight excluding hydrogens is 480 g/mol. The van der Waals surface area contributed by atoms with Gasteiger partial charge in [0.25, 0.3) is 5.91 Å². The highest BCUT2D eigenvalue weighted by atomic mass is 32.1. The Labute approximate surface area is 223 Å². The van der Waals surface area contributed by atoms with Gasteiger partial charge in [-0.15, -0.1) is 11.3 Å². The van der Waals surface area contributed by atoms with E-state index in [1.807, 2.05) is 18.5 Å². The number of nitrogens with one attached hydrogen (secondary N) is 2. The number of aromatic nitrogens is 2. The minimum Gasteiger partial charge on any atom is -0.368 e. The Hall–Kier alpha value is -2.71. The van der Waals surface area contributed by atoms with Crippen molar-refractivity contribution >= 4 is 44.7 Å². The number of rotatable bonds is 7. The third kappa shape index (κ3) is 4.70. The number of hydrogen-bond donors (Lipinski definition) is 2. The van der Waals surface area contributed by atoms with Crippen LogP contribution in [0.1, 0.15) is 73.5 Å². The SMILES string of the molecule is CCC1(CC)CN(C(=O)c2sc3cnc(Nc4ccc(N5CCNCC5)cn4)cc3c2C2CCCC2)C1. The number of carbonyl (C=O) groups is 1. The minimum absolute atomic E-state index is 0.223. The summed E-state index contributed by atoms with van der Waals surface area (Å²) in [5.41, 5.74) is 2.73. The maximum Gasteiger partial charge on any atom is 0.264 e. The van der Waals surface area contributed by atoms with Crippen LogP contribution >= 0.6 is 11.3 Å². The molecule has 0 spiro atoms. The standard InChI is InChI=1S/C29H38N6OS/c1-3-29(4-2)18-35(19-29)28(36)27-26(20-7-5-6-8-20)22-15-25(32-17-23(22)37-27)33-24-10-9-21(16-31-24)34-13-11-30-12-14-34/h9-10,15-17,20,30H,3-8,11-14,18-19H2,1-2H3,(H,31,32,33). The second-order valence-electron chi connectivity index (χ2n) is 11.0. The molecule has 2 N–H and O–H groups in total. The van der Waals surface area contributed by atoms with E-state index in [4.69, 9.17) is 4.98 Å². The second-order valence-corrected chi connectivity index (χ2v) is 12.1. The fourth-order valence-electron chi connectivity index (χ4n) is 6.32. The van der Waals surface area contributed by atoms with Crippen molar-refractivity contribution in [3.8, 4) is 0 Å². The van der Waals surface area contributed by atoms with E-state index in [0.717, 1.165) is 79.0 Å². The van der Waals surface area contributed by atoms with Gasteiger partial charge >= 0.3 is 0 Å². The first kappa shape index (κ1) is 24.6. The van der Waals surface area contributed by atoms with Crippen molar-refractivity contribution < 1.29 is 4.79 Å². The van der Waals surface area contributed by atoms with Crippen LogP contribution in [0.25, 0.3) is 10.1 Å². The zero-order valence-electron chi connectivity index (χ0n) is 22.1. The molecule has 7 nitrogen and oxygen atoms in total. The molecule has 6 rings (SSSR count). The molecule has 2 aliphatic heterocycles. The van der Waals surface area contributed by atoms with Crippen LogP contribution in [0.2, 0.25) is 0 Å². The molecule has 196 valence electrons. The zero-order valence-corrected chi connectivity index (χ0v) is 22.9. The number of pyridine rings is 2. The summed E-state index contributed by atoms with van der Waals surface area (Å²) in [5.74, 6) is 2.25. The Morgan fingerprint density at radius 2 is 1.81 bits per heavy atom. The van der Waals surface area contributed by atoms with Crippen molar-refractivity contribution in [2.45, 2.75) is 58.3 Å². The van der Waals surface area contributed by atoms with Crippen LogP contribution in [0.4, 0.5) is 17.3 Å². The van der Waals surface area contributed by atoms with Gasteiger partial charge < -0.3 is 20.4 Å². The second kappa shape index (κ2) is 10.2. The van der Waals surface area contributed by atoms with Gasteiger partial charge in [0.15, 0.2) is 0 Å². The average Bonchev–Trinajstić information content (AvgIpc) is 3.57. The molecule has 3 aromatic rings. The summed E-state index contributed by atoms with van der Waals surface area (Å²) < 4.78 is 1.11. The number of fused-ring (bicyclic) bond motifs is 1. The lowest BCUT2D eigenvalue weighted by atomic mass is 9.75.